The molecule has 36 heavy (non-hydrogen) atoms. The molecule has 2 unspecified atom stereocenters. The van der Waals surface area contributed by atoms with E-state index in [0.29, 0.717) is 25.8 Å². The normalized spacial score (nSPS) is 28.0. The van der Waals surface area contributed by atoms with Crippen molar-refractivity contribution in [2.24, 2.45) is 0 Å². The van der Waals surface area contributed by atoms with Gasteiger partial charge in [-0.2, -0.15) is 0 Å². The third kappa shape index (κ3) is 5.18. The molecule has 3 fully saturated rings. The molecule has 1 aromatic carbocycles. The molecule has 1 saturated carbocycles. The number of hydrogen-bond donors (Lipinski definition) is 1. The molecule has 3 heterocycles. The van der Waals surface area contributed by atoms with Crippen LogP contribution >= 0.6 is 0 Å². The van der Waals surface area contributed by atoms with Crippen molar-refractivity contribution in [2.75, 3.05) is 51.8 Å². The first kappa shape index (κ1) is 25.3. The second kappa shape index (κ2) is 10.5. The molecular formula is C27H41FN4O4. The summed E-state index contributed by atoms with van der Waals surface area (Å²) in [6, 6.07) is 5.30. The SMILES string of the molecule is CN(C)C(=O)N1CC2(CCN(C3CCCCC(NC(=O)O[C@@H]4CCOC4)C3)CC2)c2cc(F)ccc21.[HH]. The number of benzene rings is 1. The summed E-state index contributed by atoms with van der Waals surface area (Å²) in [6.07, 6.45) is 7.33. The van der Waals surface area contributed by atoms with Crippen molar-refractivity contribution in [2.45, 2.75) is 75.0 Å². The number of carbonyl (C=O) groups excluding carboxylic acids is 2. The molecule has 1 aliphatic carbocycles. The molecule has 0 aromatic heterocycles. The first-order chi connectivity index (χ1) is 17.3. The van der Waals surface area contributed by atoms with Crippen molar-refractivity contribution in [3.8, 4) is 0 Å². The summed E-state index contributed by atoms with van der Waals surface area (Å²) >= 11 is 0. The van der Waals surface area contributed by atoms with Crippen LogP contribution in [0.2, 0.25) is 0 Å². The summed E-state index contributed by atoms with van der Waals surface area (Å²) in [6.45, 7) is 3.55. The van der Waals surface area contributed by atoms with Crippen LogP contribution in [0, 0.1) is 5.82 Å². The van der Waals surface area contributed by atoms with E-state index in [9.17, 15) is 14.0 Å². The number of nitrogens with zero attached hydrogens (tertiary/aromatic N) is 3. The van der Waals surface area contributed by atoms with E-state index in [2.05, 4.69) is 10.2 Å². The lowest BCUT2D eigenvalue weighted by Crippen LogP contribution is -2.51. The second-order valence-corrected chi connectivity index (χ2v) is 11.1. The molecule has 0 radical (unpaired) electrons. The molecule has 0 bridgehead atoms. The van der Waals surface area contributed by atoms with Crippen LogP contribution in [0.4, 0.5) is 19.7 Å². The van der Waals surface area contributed by atoms with E-state index in [1.807, 2.05) is 4.90 Å². The van der Waals surface area contributed by atoms with Crippen LogP contribution in [-0.2, 0) is 14.9 Å². The van der Waals surface area contributed by atoms with Gasteiger partial charge in [0.2, 0.25) is 0 Å². The van der Waals surface area contributed by atoms with E-state index >= 15 is 0 Å². The fraction of sp³-hybridized carbons (Fsp3) is 0.704. The van der Waals surface area contributed by atoms with Gasteiger partial charge in [0.25, 0.3) is 0 Å². The van der Waals surface area contributed by atoms with Crippen LogP contribution < -0.4 is 10.2 Å². The zero-order valence-corrected chi connectivity index (χ0v) is 21.5. The molecule has 3 aliphatic heterocycles. The number of ether oxygens (including phenoxy) is 2. The van der Waals surface area contributed by atoms with Gasteiger partial charge in [0.15, 0.2) is 0 Å². The lowest BCUT2D eigenvalue weighted by Gasteiger charge is -2.43. The first-order valence-corrected chi connectivity index (χ1v) is 13.4. The van der Waals surface area contributed by atoms with E-state index < -0.39 is 0 Å². The number of halogens is 1. The van der Waals surface area contributed by atoms with Gasteiger partial charge in [0, 0.05) is 51.7 Å². The van der Waals surface area contributed by atoms with Crippen LogP contribution in [0.25, 0.3) is 0 Å². The third-order valence-electron chi connectivity index (χ3n) is 8.55. The zero-order chi connectivity index (χ0) is 25.3. The van der Waals surface area contributed by atoms with Gasteiger partial charge in [0.05, 0.1) is 13.2 Å². The molecule has 200 valence electrons. The number of amides is 3. The van der Waals surface area contributed by atoms with Crippen molar-refractivity contribution in [1.29, 1.82) is 0 Å². The van der Waals surface area contributed by atoms with Crippen LogP contribution in [0.15, 0.2) is 18.2 Å². The van der Waals surface area contributed by atoms with E-state index in [1.54, 1.807) is 31.1 Å². The van der Waals surface area contributed by atoms with Gasteiger partial charge in [-0.15, -0.1) is 0 Å². The summed E-state index contributed by atoms with van der Waals surface area (Å²) in [4.78, 5) is 31.3. The highest BCUT2D eigenvalue weighted by atomic mass is 19.1. The standard InChI is InChI=1S/C27H39FN4O4.H2/c1-30(2)26(34)32-18-27(23-15-19(28)7-8-24(23)32)10-12-31(13-11-27)21-6-4-3-5-20(16-21)29-25(33)36-22-9-14-35-17-22;/h7-8,15,20-22H,3-6,9-14,16-18H2,1-2H3,(H,29,33);1H/t20?,21?,22-;/m1./s1. The summed E-state index contributed by atoms with van der Waals surface area (Å²) in [5.74, 6) is -0.247. The maximum Gasteiger partial charge on any atom is 0.407 e. The van der Waals surface area contributed by atoms with Gasteiger partial charge >= 0.3 is 12.1 Å². The van der Waals surface area contributed by atoms with Crippen molar-refractivity contribution >= 4 is 17.8 Å². The Hall–Kier alpha value is -2.39. The number of alkyl carbamates (subject to hydrolysis) is 1. The lowest BCUT2D eigenvalue weighted by molar-refractivity contribution is 0.0768. The summed E-state index contributed by atoms with van der Waals surface area (Å²) in [5.41, 5.74) is 1.60. The van der Waals surface area contributed by atoms with Crippen LogP contribution in [-0.4, -0.2) is 87.1 Å². The smallest absolute Gasteiger partial charge is 0.407 e. The minimum Gasteiger partial charge on any atom is -0.444 e. The second-order valence-electron chi connectivity index (χ2n) is 11.1. The highest BCUT2D eigenvalue weighted by Gasteiger charge is 2.47. The number of rotatable bonds is 3. The fourth-order valence-electron chi connectivity index (χ4n) is 6.55. The van der Waals surface area contributed by atoms with Crippen LogP contribution in [0.3, 0.4) is 0 Å². The van der Waals surface area contributed by atoms with E-state index in [0.717, 1.165) is 75.7 Å². The van der Waals surface area contributed by atoms with Gasteiger partial charge in [0.1, 0.15) is 11.9 Å². The Morgan fingerprint density at radius 2 is 1.97 bits per heavy atom. The highest BCUT2D eigenvalue weighted by molar-refractivity contribution is 5.95. The Morgan fingerprint density at radius 3 is 2.69 bits per heavy atom. The minimum atomic E-state index is -0.330. The van der Waals surface area contributed by atoms with Gasteiger partial charge in [-0.3, -0.25) is 4.90 Å². The number of urea groups is 1. The minimum absolute atomic E-state index is 0. The van der Waals surface area contributed by atoms with Crippen LogP contribution in [0.1, 0.15) is 58.4 Å². The molecule has 3 amide bonds. The largest absolute Gasteiger partial charge is 0.444 e. The number of carbonyl (C=O) groups is 2. The molecule has 3 atom stereocenters. The quantitative estimate of drug-likeness (QED) is 0.627. The maximum atomic E-state index is 14.3. The molecule has 1 aromatic rings. The Labute approximate surface area is 214 Å². The topological polar surface area (TPSA) is 74.4 Å². The predicted molar refractivity (Wildman–Crippen MR) is 137 cm³/mol. The van der Waals surface area contributed by atoms with Crippen LogP contribution in [0.5, 0.6) is 0 Å². The molecule has 4 aliphatic rings. The molecule has 5 rings (SSSR count). The summed E-state index contributed by atoms with van der Waals surface area (Å²) < 4.78 is 25.1. The van der Waals surface area contributed by atoms with Gasteiger partial charge in [-0.1, -0.05) is 12.8 Å². The molecule has 1 spiro atoms. The zero-order valence-electron chi connectivity index (χ0n) is 21.5. The van der Waals surface area contributed by atoms with Crippen molar-refractivity contribution < 1.29 is 24.9 Å². The highest BCUT2D eigenvalue weighted by Crippen LogP contribution is 2.48. The average molecular weight is 505 g/mol. The molecule has 2 saturated heterocycles. The Kier molecular flexibility index (Phi) is 7.40. The number of likely N-dealkylation sites (tertiary alicyclic amines) is 1. The third-order valence-corrected chi connectivity index (χ3v) is 8.55. The van der Waals surface area contributed by atoms with Gasteiger partial charge < -0.3 is 24.6 Å². The molecular weight excluding hydrogens is 463 g/mol. The molecule has 1 N–H and O–H groups in total. The summed E-state index contributed by atoms with van der Waals surface area (Å²) in [5, 5.41) is 3.12. The predicted octanol–water partition coefficient (Wildman–Crippen LogP) is 4.12. The van der Waals surface area contributed by atoms with Crippen molar-refractivity contribution in [1.82, 2.24) is 15.1 Å². The number of anilines is 1. The van der Waals surface area contributed by atoms with E-state index in [4.69, 9.17) is 9.47 Å². The monoisotopic (exact) mass is 504 g/mol. The summed E-state index contributed by atoms with van der Waals surface area (Å²) in [7, 11) is 3.51. The number of piperidine rings is 1. The fourth-order valence-corrected chi connectivity index (χ4v) is 6.55. The lowest BCUT2D eigenvalue weighted by atomic mass is 9.74. The number of fused-ring (bicyclic) bond motifs is 2. The number of nitrogens with one attached hydrogen (secondary N) is 1. The first-order valence-electron chi connectivity index (χ1n) is 13.4. The van der Waals surface area contributed by atoms with Gasteiger partial charge in [-0.25, -0.2) is 14.0 Å². The maximum absolute atomic E-state index is 14.3. The Balaban J connectivity index is 0.00000320. The van der Waals surface area contributed by atoms with E-state index in [1.165, 1.54) is 6.07 Å². The van der Waals surface area contributed by atoms with Crippen molar-refractivity contribution in [3.63, 3.8) is 0 Å². The molecule has 9 heteroatoms. The molecule has 8 nitrogen and oxygen atoms in total. The Bertz CT molecular complexity index is 966. The van der Waals surface area contributed by atoms with E-state index in [-0.39, 0.29) is 36.9 Å². The van der Waals surface area contributed by atoms with Gasteiger partial charge in [-0.05, 0) is 69.0 Å². The average Bonchev–Trinajstić information content (AvgIpc) is 3.39. The Morgan fingerprint density at radius 1 is 1.19 bits per heavy atom. The number of hydrogen-bond acceptors (Lipinski definition) is 5. The van der Waals surface area contributed by atoms with Crippen molar-refractivity contribution in [3.05, 3.63) is 29.6 Å².